The number of ketones is 1. The van der Waals surface area contributed by atoms with Crippen molar-refractivity contribution in [2.75, 3.05) is 5.73 Å². The summed E-state index contributed by atoms with van der Waals surface area (Å²) in [4.78, 5) is 12.0. The summed E-state index contributed by atoms with van der Waals surface area (Å²) in [5, 5.41) is 0. The Kier molecular flexibility index (Phi) is 5.00. The second-order valence-corrected chi connectivity index (χ2v) is 4.90. The van der Waals surface area contributed by atoms with Crippen LogP contribution in [0.15, 0.2) is 22.7 Å². The summed E-state index contributed by atoms with van der Waals surface area (Å²) in [5.74, 6) is 0.693. The van der Waals surface area contributed by atoms with Gasteiger partial charge in [-0.25, -0.2) is 0 Å². The fourth-order valence-corrected chi connectivity index (χ4v) is 2.04. The van der Waals surface area contributed by atoms with E-state index in [1.54, 1.807) is 18.2 Å². The van der Waals surface area contributed by atoms with E-state index >= 15 is 0 Å². The number of carbonyl (C=O) groups is 1. The second kappa shape index (κ2) is 6.04. The Hall–Kier alpha value is -0.830. The lowest BCUT2D eigenvalue weighted by atomic mass is 9.94. The highest BCUT2D eigenvalue weighted by Gasteiger charge is 2.12. The van der Waals surface area contributed by atoms with Crippen molar-refractivity contribution in [2.24, 2.45) is 5.92 Å². The van der Waals surface area contributed by atoms with Gasteiger partial charge in [-0.15, -0.1) is 0 Å². The molecule has 0 radical (unpaired) electrons. The summed E-state index contributed by atoms with van der Waals surface area (Å²) < 4.78 is 0.794. The van der Waals surface area contributed by atoms with Crippen molar-refractivity contribution in [1.29, 1.82) is 0 Å². The minimum atomic E-state index is 0.203. The van der Waals surface area contributed by atoms with Gasteiger partial charge in [-0.05, 0) is 40.0 Å². The lowest BCUT2D eigenvalue weighted by Gasteiger charge is -2.11. The van der Waals surface area contributed by atoms with Crippen LogP contribution in [-0.2, 0) is 0 Å². The van der Waals surface area contributed by atoms with Gasteiger partial charge < -0.3 is 5.73 Å². The molecule has 2 N–H and O–H groups in total. The van der Waals surface area contributed by atoms with Crippen LogP contribution >= 0.6 is 15.9 Å². The first-order valence-electron chi connectivity index (χ1n) is 5.66. The van der Waals surface area contributed by atoms with E-state index in [-0.39, 0.29) is 5.78 Å². The minimum absolute atomic E-state index is 0.203. The summed E-state index contributed by atoms with van der Waals surface area (Å²) in [6.45, 7) is 4.25. The molecule has 0 saturated heterocycles. The molecule has 0 aliphatic heterocycles. The largest absolute Gasteiger partial charge is 0.398 e. The Morgan fingerprint density at radius 3 is 2.50 bits per heavy atom. The predicted octanol–water partition coefficient (Wildman–Crippen LogP) is 4.04. The molecule has 0 saturated carbocycles. The van der Waals surface area contributed by atoms with E-state index in [1.807, 2.05) is 0 Å². The molecular weight excluding hydrogens is 266 g/mol. The van der Waals surface area contributed by atoms with Gasteiger partial charge in [0.1, 0.15) is 0 Å². The Morgan fingerprint density at radius 1 is 1.38 bits per heavy atom. The van der Waals surface area contributed by atoms with Crippen molar-refractivity contribution >= 4 is 27.4 Å². The van der Waals surface area contributed by atoms with Crippen LogP contribution in [0.1, 0.15) is 43.5 Å². The molecule has 0 aliphatic carbocycles. The molecule has 0 spiro atoms. The first kappa shape index (κ1) is 13.2. The molecule has 0 unspecified atom stereocenters. The molecule has 1 rings (SSSR count). The van der Waals surface area contributed by atoms with Crippen LogP contribution in [0.25, 0.3) is 0 Å². The van der Waals surface area contributed by atoms with Gasteiger partial charge in [0.25, 0.3) is 0 Å². The molecule has 16 heavy (non-hydrogen) atoms. The van der Waals surface area contributed by atoms with Gasteiger partial charge >= 0.3 is 0 Å². The molecule has 3 heteroatoms. The highest BCUT2D eigenvalue weighted by molar-refractivity contribution is 9.10. The first-order chi connectivity index (χ1) is 7.58. The molecule has 2 nitrogen and oxygen atoms in total. The third-order valence-electron chi connectivity index (χ3n) is 2.95. The summed E-state index contributed by atoms with van der Waals surface area (Å²) >= 11 is 3.34. The quantitative estimate of drug-likeness (QED) is 0.655. The average Bonchev–Trinajstić information content (AvgIpc) is 2.29. The molecule has 88 valence electrons. The van der Waals surface area contributed by atoms with Gasteiger partial charge in [-0.3, -0.25) is 4.79 Å². The van der Waals surface area contributed by atoms with E-state index in [9.17, 15) is 4.79 Å². The van der Waals surface area contributed by atoms with Crippen molar-refractivity contribution in [2.45, 2.75) is 33.1 Å². The van der Waals surface area contributed by atoms with Gasteiger partial charge in [0.05, 0.1) is 0 Å². The smallest absolute Gasteiger partial charge is 0.163 e. The Bertz CT molecular complexity index is 372. The fraction of sp³-hybridized carbons (Fsp3) is 0.462. The van der Waals surface area contributed by atoms with Crippen molar-refractivity contribution in [3.8, 4) is 0 Å². The first-order valence-corrected chi connectivity index (χ1v) is 6.46. The predicted molar refractivity (Wildman–Crippen MR) is 71.6 cm³/mol. The number of Topliss-reactive ketones (excluding diaryl/α,β-unsaturated/α-hetero) is 1. The normalized spacial score (nSPS) is 10.8. The standard InChI is InChI=1S/C13H18BrNO/c1-3-9(4-2)7-13(16)10-5-6-12(15)11(14)8-10/h5-6,8-9H,3-4,7,15H2,1-2H3. The molecule has 0 amide bonds. The van der Waals surface area contributed by atoms with Crippen molar-refractivity contribution < 1.29 is 4.79 Å². The van der Waals surface area contributed by atoms with Gasteiger partial charge in [-0.1, -0.05) is 26.7 Å². The maximum Gasteiger partial charge on any atom is 0.163 e. The lowest BCUT2D eigenvalue weighted by molar-refractivity contribution is 0.0958. The maximum atomic E-state index is 12.0. The topological polar surface area (TPSA) is 43.1 Å². The lowest BCUT2D eigenvalue weighted by Crippen LogP contribution is -2.07. The van der Waals surface area contributed by atoms with Crippen LogP contribution < -0.4 is 5.73 Å². The summed E-state index contributed by atoms with van der Waals surface area (Å²) in [7, 11) is 0. The van der Waals surface area contributed by atoms with E-state index in [2.05, 4.69) is 29.8 Å². The third-order valence-corrected chi connectivity index (χ3v) is 3.64. The SMILES string of the molecule is CCC(CC)CC(=O)c1ccc(N)c(Br)c1. The number of carbonyl (C=O) groups excluding carboxylic acids is 1. The zero-order valence-electron chi connectivity index (χ0n) is 9.79. The second-order valence-electron chi connectivity index (χ2n) is 4.05. The number of rotatable bonds is 5. The molecule has 0 bridgehead atoms. The Labute approximate surface area is 105 Å². The van der Waals surface area contributed by atoms with Crippen molar-refractivity contribution in [3.63, 3.8) is 0 Å². The van der Waals surface area contributed by atoms with Crippen LogP contribution in [0.2, 0.25) is 0 Å². The molecule has 0 heterocycles. The van der Waals surface area contributed by atoms with Gasteiger partial charge in [0, 0.05) is 22.1 Å². The van der Waals surface area contributed by atoms with Gasteiger partial charge in [0.15, 0.2) is 5.78 Å². The molecule has 0 atom stereocenters. The Morgan fingerprint density at radius 2 is 2.00 bits per heavy atom. The molecule has 0 aromatic heterocycles. The van der Waals surface area contributed by atoms with E-state index < -0.39 is 0 Å². The molecular formula is C13H18BrNO. The van der Waals surface area contributed by atoms with Crippen molar-refractivity contribution in [3.05, 3.63) is 28.2 Å². The number of nitrogens with two attached hydrogens (primary N) is 1. The number of anilines is 1. The monoisotopic (exact) mass is 283 g/mol. The van der Waals surface area contributed by atoms with Crippen LogP contribution in [0.4, 0.5) is 5.69 Å². The number of halogens is 1. The highest BCUT2D eigenvalue weighted by Crippen LogP contribution is 2.23. The van der Waals surface area contributed by atoms with Crippen LogP contribution in [-0.4, -0.2) is 5.78 Å². The summed E-state index contributed by atoms with van der Waals surface area (Å²) in [6.07, 6.45) is 2.74. The summed E-state index contributed by atoms with van der Waals surface area (Å²) in [6, 6.07) is 5.37. The zero-order chi connectivity index (χ0) is 12.1. The van der Waals surface area contributed by atoms with Gasteiger partial charge in [-0.2, -0.15) is 0 Å². The maximum absolute atomic E-state index is 12.0. The minimum Gasteiger partial charge on any atom is -0.398 e. The molecule has 0 aliphatic rings. The Balaban J connectivity index is 2.76. The van der Waals surface area contributed by atoms with E-state index in [4.69, 9.17) is 5.73 Å². The molecule has 0 fully saturated rings. The van der Waals surface area contributed by atoms with Crippen LogP contribution in [0.3, 0.4) is 0 Å². The van der Waals surface area contributed by atoms with Crippen molar-refractivity contribution in [1.82, 2.24) is 0 Å². The highest BCUT2D eigenvalue weighted by atomic mass is 79.9. The number of benzene rings is 1. The van der Waals surface area contributed by atoms with Crippen LogP contribution in [0.5, 0.6) is 0 Å². The van der Waals surface area contributed by atoms with E-state index in [0.29, 0.717) is 18.0 Å². The van der Waals surface area contributed by atoms with E-state index in [0.717, 1.165) is 22.9 Å². The fourth-order valence-electron chi connectivity index (χ4n) is 1.66. The summed E-state index contributed by atoms with van der Waals surface area (Å²) in [5.41, 5.74) is 7.09. The zero-order valence-corrected chi connectivity index (χ0v) is 11.4. The number of hydrogen-bond acceptors (Lipinski definition) is 2. The third kappa shape index (κ3) is 3.34. The average molecular weight is 284 g/mol. The van der Waals surface area contributed by atoms with E-state index in [1.165, 1.54) is 0 Å². The molecule has 1 aromatic rings. The number of nitrogen functional groups attached to an aromatic ring is 1. The number of hydrogen-bond donors (Lipinski definition) is 1. The van der Waals surface area contributed by atoms with Gasteiger partial charge in [0.2, 0.25) is 0 Å². The molecule has 1 aromatic carbocycles. The van der Waals surface area contributed by atoms with Crippen LogP contribution in [0, 0.1) is 5.92 Å².